The van der Waals surface area contributed by atoms with E-state index in [0.717, 1.165) is 37.1 Å². The van der Waals surface area contributed by atoms with Crippen LogP contribution in [0.2, 0.25) is 0 Å². The van der Waals surface area contributed by atoms with E-state index in [2.05, 4.69) is 10.5 Å². The molecule has 0 saturated heterocycles. The van der Waals surface area contributed by atoms with E-state index < -0.39 is 5.97 Å². The summed E-state index contributed by atoms with van der Waals surface area (Å²) in [6.07, 6.45) is 3.37. The molecule has 17 heavy (non-hydrogen) atoms. The molecule has 1 fully saturated rings. The molecule has 0 aliphatic heterocycles. The van der Waals surface area contributed by atoms with Crippen LogP contribution in [0.3, 0.4) is 0 Å². The van der Waals surface area contributed by atoms with Crippen LogP contribution in [0.1, 0.15) is 37.1 Å². The summed E-state index contributed by atoms with van der Waals surface area (Å²) in [6, 6.07) is 2.31. The first-order valence-electron chi connectivity index (χ1n) is 6.03. The van der Waals surface area contributed by atoms with Gasteiger partial charge in [-0.25, -0.2) is 0 Å². The van der Waals surface area contributed by atoms with Crippen LogP contribution in [-0.2, 0) is 11.3 Å². The fourth-order valence-corrected chi connectivity index (χ4v) is 2.29. The van der Waals surface area contributed by atoms with Crippen LogP contribution in [0.15, 0.2) is 10.6 Å². The second kappa shape index (κ2) is 5.31. The minimum Gasteiger partial charge on any atom is -0.481 e. The maximum atomic E-state index is 10.8. The van der Waals surface area contributed by atoms with Crippen molar-refractivity contribution in [1.82, 2.24) is 10.5 Å². The van der Waals surface area contributed by atoms with E-state index in [0.29, 0.717) is 12.6 Å². The van der Waals surface area contributed by atoms with Crippen molar-refractivity contribution in [2.45, 2.75) is 45.2 Å². The molecule has 1 heterocycles. The number of carbonyl (C=O) groups is 1. The predicted octanol–water partition coefficient (Wildman–Crippen LogP) is 1.72. The Labute approximate surface area is 100 Å². The molecule has 0 atom stereocenters. The van der Waals surface area contributed by atoms with E-state index in [-0.39, 0.29) is 5.92 Å². The van der Waals surface area contributed by atoms with E-state index in [9.17, 15) is 4.79 Å². The number of hydrogen-bond donors (Lipinski definition) is 2. The van der Waals surface area contributed by atoms with Crippen molar-refractivity contribution < 1.29 is 14.4 Å². The van der Waals surface area contributed by atoms with Crippen molar-refractivity contribution in [1.29, 1.82) is 0 Å². The lowest BCUT2D eigenvalue weighted by Gasteiger charge is -2.26. The molecule has 1 aromatic heterocycles. The lowest BCUT2D eigenvalue weighted by molar-refractivity contribution is -0.142. The van der Waals surface area contributed by atoms with E-state index in [1.807, 2.05) is 13.0 Å². The van der Waals surface area contributed by atoms with Crippen LogP contribution in [0.25, 0.3) is 0 Å². The second-order valence-corrected chi connectivity index (χ2v) is 4.70. The molecule has 2 N–H and O–H groups in total. The molecule has 1 aliphatic rings. The van der Waals surface area contributed by atoms with Crippen molar-refractivity contribution in [2.24, 2.45) is 5.92 Å². The number of carboxylic acids is 1. The average molecular weight is 238 g/mol. The molecule has 0 bridgehead atoms. The summed E-state index contributed by atoms with van der Waals surface area (Å²) in [7, 11) is 0. The third-order valence-electron chi connectivity index (χ3n) is 3.32. The first kappa shape index (κ1) is 12.1. The van der Waals surface area contributed by atoms with Crippen LogP contribution < -0.4 is 5.32 Å². The van der Waals surface area contributed by atoms with Crippen molar-refractivity contribution in [2.75, 3.05) is 0 Å². The maximum Gasteiger partial charge on any atom is 0.306 e. The Morgan fingerprint density at radius 2 is 2.24 bits per heavy atom. The van der Waals surface area contributed by atoms with Gasteiger partial charge >= 0.3 is 5.97 Å². The summed E-state index contributed by atoms with van der Waals surface area (Å²) in [6.45, 7) is 2.56. The average Bonchev–Trinajstić information content (AvgIpc) is 2.73. The minimum atomic E-state index is -0.658. The maximum absolute atomic E-state index is 10.8. The van der Waals surface area contributed by atoms with Gasteiger partial charge in [0.05, 0.1) is 18.2 Å². The molecule has 0 spiro atoms. The Kier molecular flexibility index (Phi) is 3.78. The first-order valence-corrected chi connectivity index (χ1v) is 6.03. The zero-order chi connectivity index (χ0) is 12.3. The summed E-state index contributed by atoms with van der Waals surface area (Å²) in [5.74, 6) is 0.0257. The molecule has 1 aromatic rings. The third kappa shape index (κ3) is 3.30. The number of aromatic nitrogens is 1. The third-order valence-corrected chi connectivity index (χ3v) is 3.32. The van der Waals surface area contributed by atoms with Crippen LogP contribution in [0.5, 0.6) is 0 Å². The number of nitrogens with zero attached hydrogens (tertiary/aromatic N) is 1. The van der Waals surface area contributed by atoms with E-state index in [1.54, 1.807) is 0 Å². The largest absolute Gasteiger partial charge is 0.481 e. The lowest BCUT2D eigenvalue weighted by atomic mass is 9.86. The lowest BCUT2D eigenvalue weighted by Crippen LogP contribution is -2.34. The van der Waals surface area contributed by atoms with Gasteiger partial charge < -0.3 is 14.9 Å². The SMILES string of the molecule is Cc1cc(CNC2CCC(C(=O)O)CC2)on1. The molecule has 0 aromatic carbocycles. The quantitative estimate of drug-likeness (QED) is 0.835. The molecule has 0 radical (unpaired) electrons. The molecule has 1 saturated carbocycles. The van der Waals surface area contributed by atoms with Crippen LogP contribution in [0.4, 0.5) is 0 Å². The van der Waals surface area contributed by atoms with Crippen LogP contribution in [0, 0.1) is 12.8 Å². The van der Waals surface area contributed by atoms with E-state index in [1.165, 1.54) is 0 Å². The summed E-state index contributed by atoms with van der Waals surface area (Å²) < 4.78 is 5.11. The highest BCUT2D eigenvalue weighted by molar-refractivity contribution is 5.70. The standard InChI is InChI=1S/C12H18N2O3/c1-8-6-11(17-14-8)7-13-10-4-2-9(3-5-10)12(15)16/h6,9-10,13H,2-5,7H2,1H3,(H,15,16). The van der Waals surface area contributed by atoms with Gasteiger partial charge in [-0.05, 0) is 32.6 Å². The normalized spacial score (nSPS) is 24.8. The minimum absolute atomic E-state index is 0.152. The van der Waals surface area contributed by atoms with Crippen molar-refractivity contribution >= 4 is 5.97 Å². The van der Waals surface area contributed by atoms with Gasteiger partial charge in [0.2, 0.25) is 0 Å². The monoisotopic (exact) mass is 238 g/mol. The zero-order valence-corrected chi connectivity index (χ0v) is 9.98. The molecule has 94 valence electrons. The number of rotatable bonds is 4. The van der Waals surface area contributed by atoms with Gasteiger partial charge in [-0.15, -0.1) is 0 Å². The summed E-state index contributed by atoms with van der Waals surface area (Å²) in [5, 5.41) is 16.1. The number of aryl methyl sites for hydroxylation is 1. The van der Waals surface area contributed by atoms with Gasteiger partial charge in [0.15, 0.2) is 5.76 Å². The molecule has 2 rings (SSSR count). The molecular weight excluding hydrogens is 220 g/mol. The number of aliphatic carboxylic acids is 1. The Balaban J connectivity index is 1.73. The summed E-state index contributed by atoms with van der Waals surface area (Å²) >= 11 is 0. The summed E-state index contributed by atoms with van der Waals surface area (Å²) in [5.41, 5.74) is 0.886. The van der Waals surface area contributed by atoms with E-state index >= 15 is 0 Å². The van der Waals surface area contributed by atoms with Crippen molar-refractivity contribution in [3.8, 4) is 0 Å². The number of carboxylic acid groups (broad SMARTS) is 1. The Morgan fingerprint density at radius 1 is 1.53 bits per heavy atom. The van der Waals surface area contributed by atoms with Crippen molar-refractivity contribution in [3.63, 3.8) is 0 Å². The highest BCUT2D eigenvalue weighted by Gasteiger charge is 2.25. The molecule has 5 nitrogen and oxygen atoms in total. The molecule has 5 heteroatoms. The van der Waals surface area contributed by atoms with Gasteiger partial charge in [0, 0.05) is 12.1 Å². The molecule has 1 aliphatic carbocycles. The number of hydrogen-bond acceptors (Lipinski definition) is 4. The van der Waals surface area contributed by atoms with Gasteiger partial charge in [0.25, 0.3) is 0 Å². The fraction of sp³-hybridized carbons (Fsp3) is 0.667. The Bertz CT molecular complexity index is 381. The molecular formula is C12H18N2O3. The first-order chi connectivity index (χ1) is 8.15. The highest BCUT2D eigenvalue weighted by atomic mass is 16.5. The molecule has 0 amide bonds. The van der Waals surface area contributed by atoms with Crippen molar-refractivity contribution in [3.05, 3.63) is 17.5 Å². The second-order valence-electron chi connectivity index (χ2n) is 4.70. The smallest absolute Gasteiger partial charge is 0.306 e. The topological polar surface area (TPSA) is 75.4 Å². The Hall–Kier alpha value is -1.36. The highest BCUT2D eigenvalue weighted by Crippen LogP contribution is 2.24. The van der Waals surface area contributed by atoms with Crippen LogP contribution >= 0.6 is 0 Å². The van der Waals surface area contributed by atoms with E-state index in [4.69, 9.17) is 9.63 Å². The van der Waals surface area contributed by atoms with Gasteiger partial charge in [0.1, 0.15) is 0 Å². The fourth-order valence-electron chi connectivity index (χ4n) is 2.29. The summed E-state index contributed by atoms with van der Waals surface area (Å²) in [4.78, 5) is 10.8. The van der Waals surface area contributed by atoms with Gasteiger partial charge in [-0.2, -0.15) is 0 Å². The zero-order valence-electron chi connectivity index (χ0n) is 9.98. The van der Waals surface area contributed by atoms with Gasteiger partial charge in [-0.1, -0.05) is 5.16 Å². The molecule has 0 unspecified atom stereocenters. The number of nitrogens with one attached hydrogen (secondary N) is 1. The van der Waals surface area contributed by atoms with Crippen LogP contribution in [-0.4, -0.2) is 22.3 Å². The Morgan fingerprint density at radius 3 is 2.76 bits per heavy atom. The predicted molar refractivity (Wildman–Crippen MR) is 61.5 cm³/mol. The van der Waals surface area contributed by atoms with Gasteiger partial charge in [-0.3, -0.25) is 4.79 Å².